The van der Waals surface area contributed by atoms with Gasteiger partial charge in [0.1, 0.15) is 5.78 Å². The molecular weight excluding hydrogens is 390 g/mol. The number of amides is 1. The van der Waals surface area contributed by atoms with E-state index in [1.54, 1.807) is 27.7 Å². The molecule has 31 heavy (non-hydrogen) atoms. The third-order valence-electron chi connectivity index (χ3n) is 4.95. The van der Waals surface area contributed by atoms with Gasteiger partial charge in [-0.2, -0.15) is 5.10 Å². The minimum absolute atomic E-state index is 0.0970. The second kappa shape index (κ2) is 8.79. The van der Waals surface area contributed by atoms with Gasteiger partial charge in [-0.25, -0.2) is 4.98 Å². The van der Waals surface area contributed by atoms with E-state index in [-0.39, 0.29) is 18.1 Å². The molecule has 2 aromatic heterocycles. The van der Waals surface area contributed by atoms with Crippen molar-refractivity contribution in [2.45, 2.75) is 19.8 Å². The first-order valence-corrected chi connectivity index (χ1v) is 10.1. The van der Waals surface area contributed by atoms with Crippen LogP contribution in [0.3, 0.4) is 0 Å². The molecule has 4 aromatic rings. The first kappa shape index (κ1) is 20.3. The molecule has 2 aromatic carbocycles. The highest BCUT2D eigenvalue weighted by Crippen LogP contribution is 2.22. The second-order valence-electron chi connectivity index (χ2n) is 7.27. The van der Waals surface area contributed by atoms with Gasteiger partial charge in [-0.1, -0.05) is 37.3 Å². The zero-order chi connectivity index (χ0) is 21.8. The van der Waals surface area contributed by atoms with Crippen molar-refractivity contribution < 1.29 is 9.59 Å². The van der Waals surface area contributed by atoms with Crippen molar-refractivity contribution in [3.63, 3.8) is 0 Å². The number of nitrogens with zero attached hydrogens (tertiary/aromatic N) is 4. The highest BCUT2D eigenvalue weighted by atomic mass is 16.2. The molecule has 0 radical (unpaired) electrons. The number of benzene rings is 2. The highest BCUT2D eigenvalue weighted by molar-refractivity contribution is 6.04. The molecular formula is C24H23N5O2. The van der Waals surface area contributed by atoms with Crippen LogP contribution in [0.15, 0.2) is 73.2 Å². The quantitative estimate of drug-likeness (QED) is 0.496. The first-order chi connectivity index (χ1) is 15.0. The van der Waals surface area contributed by atoms with Gasteiger partial charge in [-0.05, 0) is 29.8 Å². The Morgan fingerprint density at radius 2 is 1.81 bits per heavy atom. The number of rotatable bonds is 7. The Hall–Kier alpha value is -4.00. The molecule has 0 atom stereocenters. The zero-order valence-corrected chi connectivity index (χ0v) is 17.4. The normalized spacial score (nSPS) is 10.8. The average Bonchev–Trinajstić information content (AvgIpc) is 3.40. The Kier molecular flexibility index (Phi) is 5.75. The van der Waals surface area contributed by atoms with Crippen LogP contribution in [-0.4, -0.2) is 31.0 Å². The summed E-state index contributed by atoms with van der Waals surface area (Å²) in [6, 6.07) is 16.9. The molecule has 0 saturated heterocycles. The van der Waals surface area contributed by atoms with Gasteiger partial charge in [0.2, 0.25) is 5.95 Å². The topological polar surface area (TPSA) is 81.8 Å². The minimum Gasteiger partial charge on any atom is -0.299 e. The predicted octanol–water partition coefficient (Wildman–Crippen LogP) is 4.05. The summed E-state index contributed by atoms with van der Waals surface area (Å²) >= 11 is 0. The molecule has 0 aliphatic heterocycles. The minimum atomic E-state index is -0.276. The third kappa shape index (κ3) is 4.61. The summed E-state index contributed by atoms with van der Waals surface area (Å²) < 4.78 is 3.51. The van der Waals surface area contributed by atoms with E-state index in [9.17, 15) is 9.59 Å². The maximum atomic E-state index is 13.0. The van der Waals surface area contributed by atoms with E-state index in [1.165, 1.54) is 0 Å². The summed E-state index contributed by atoms with van der Waals surface area (Å²) in [6.07, 6.45) is 6.13. The van der Waals surface area contributed by atoms with Gasteiger partial charge >= 0.3 is 0 Å². The lowest BCUT2D eigenvalue weighted by Gasteiger charge is -2.09. The van der Waals surface area contributed by atoms with Crippen LogP contribution >= 0.6 is 0 Å². The fraction of sp³-hybridized carbons (Fsp3) is 0.167. The molecule has 0 bridgehead atoms. The molecule has 156 valence electrons. The smallest absolute Gasteiger partial charge is 0.258 e. The van der Waals surface area contributed by atoms with Crippen molar-refractivity contribution in [2.75, 3.05) is 5.32 Å². The fourth-order valence-electron chi connectivity index (χ4n) is 3.30. The van der Waals surface area contributed by atoms with Gasteiger partial charge < -0.3 is 0 Å². The maximum Gasteiger partial charge on any atom is 0.258 e. The van der Waals surface area contributed by atoms with E-state index in [4.69, 9.17) is 0 Å². The lowest BCUT2D eigenvalue weighted by molar-refractivity contribution is -0.118. The van der Waals surface area contributed by atoms with Crippen LogP contribution in [0.2, 0.25) is 0 Å². The highest BCUT2D eigenvalue weighted by Gasteiger charge is 2.16. The Morgan fingerprint density at radius 3 is 2.52 bits per heavy atom. The molecule has 0 aliphatic carbocycles. The van der Waals surface area contributed by atoms with Crippen LogP contribution in [0.1, 0.15) is 29.4 Å². The van der Waals surface area contributed by atoms with E-state index in [0.29, 0.717) is 23.6 Å². The maximum absolute atomic E-state index is 13.0. The summed E-state index contributed by atoms with van der Waals surface area (Å²) in [7, 11) is 1.85. The number of ketones is 1. The van der Waals surface area contributed by atoms with Crippen LogP contribution < -0.4 is 5.32 Å². The Labute approximate surface area is 180 Å². The predicted molar refractivity (Wildman–Crippen MR) is 119 cm³/mol. The number of para-hydroxylation sites is 1. The van der Waals surface area contributed by atoms with Gasteiger partial charge in [-0.15, -0.1) is 0 Å². The summed E-state index contributed by atoms with van der Waals surface area (Å²) in [5, 5.41) is 7.09. The van der Waals surface area contributed by atoms with Crippen molar-refractivity contribution in [1.82, 2.24) is 19.3 Å². The SMILES string of the molecule is CCC(=O)Cc1cn(-c2ccccc2)c(NC(=O)c2cccc(-c3cnn(C)c3)c2)n1. The molecule has 4 rings (SSSR count). The van der Waals surface area contributed by atoms with Crippen molar-refractivity contribution in [2.24, 2.45) is 7.05 Å². The summed E-state index contributed by atoms with van der Waals surface area (Å²) in [6.45, 7) is 1.83. The van der Waals surface area contributed by atoms with E-state index in [0.717, 1.165) is 16.8 Å². The summed E-state index contributed by atoms with van der Waals surface area (Å²) in [4.78, 5) is 29.5. The molecule has 0 spiro atoms. The molecule has 1 N–H and O–H groups in total. The van der Waals surface area contributed by atoms with Gasteiger partial charge in [-0.3, -0.25) is 24.2 Å². The fourth-order valence-corrected chi connectivity index (χ4v) is 3.30. The summed E-state index contributed by atoms with van der Waals surface area (Å²) in [5.41, 5.74) is 3.82. The second-order valence-corrected chi connectivity index (χ2v) is 7.27. The number of nitrogens with one attached hydrogen (secondary N) is 1. The number of hydrogen-bond donors (Lipinski definition) is 1. The van der Waals surface area contributed by atoms with E-state index in [2.05, 4.69) is 15.4 Å². The molecule has 1 amide bonds. The largest absolute Gasteiger partial charge is 0.299 e. The van der Waals surface area contributed by atoms with Crippen molar-refractivity contribution in [3.05, 3.63) is 84.4 Å². The van der Waals surface area contributed by atoms with E-state index < -0.39 is 0 Å². The van der Waals surface area contributed by atoms with Crippen LogP contribution in [0.5, 0.6) is 0 Å². The number of Topliss-reactive ketones (excluding diaryl/α,β-unsaturated/α-hetero) is 1. The van der Waals surface area contributed by atoms with Crippen molar-refractivity contribution in [1.29, 1.82) is 0 Å². The van der Waals surface area contributed by atoms with E-state index >= 15 is 0 Å². The molecule has 0 saturated carbocycles. The van der Waals surface area contributed by atoms with Crippen LogP contribution in [0.25, 0.3) is 16.8 Å². The number of imidazole rings is 1. The summed E-state index contributed by atoms with van der Waals surface area (Å²) in [5.74, 6) is 0.198. The average molecular weight is 413 g/mol. The standard InChI is InChI=1S/C24H23N5O2/c1-3-22(30)13-20-16-29(21-10-5-4-6-11-21)24(26-20)27-23(31)18-9-7-8-17(12-18)19-14-25-28(2)15-19/h4-12,14-16H,3,13H2,1-2H3,(H,26,27,31). The number of hydrogen-bond acceptors (Lipinski definition) is 4. The van der Waals surface area contributed by atoms with Gasteiger partial charge in [0, 0.05) is 42.7 Å². The molecule has 0 fully saturated rings. The number of carbonyl (C=O) groups excluding carboxylic acids is 2. The lowest BCUT2D eigenvalue weighted by atomic mass is 10.1. The van der Waals surface area contributed by atoms with Crippen LogP contribution in [0, 0.1) is 0 Å². The van der Waals surface area contributed by atoms with Crippen molar-refractivity contribution >= 4 is 17.6 Å². The van der Waals surface area contributed by atoms with Crippen LogP contribution in [-0.2, 0) is 18.3 Å². The molecule has 7 nitrogen and oxygen atoms in total. The molecule has 2 heterocycles. The molecule has 0 aliphatic rings. The molecule has 7 heteroatoms. The number of anilines is 1. The first-order valence-electron chi connectivity index (χ1n) is 10.1. The molecule has 0 unspecified atom stereocenters. The number of aromatic nitrogens is 4. The third-order valence-corrected chi connectivity index (χ3v) is 4.95. The number of aryl methyl sites for hydroxylation is 1. The monoisotopic (exact) mass is 413 g/mol. The Bertz CT molecular complexity index is 1220. The Morgan fingerprint density at radius 1 is 1.00 bits per heavy atom. The van der Waals surface area contributed by atoms with Crippen molar-refractivity contribution in [3.8, 4) is 16.8 Å². The van der Waals surface area contributed by atoms with Gasteiger partial charge in [0.25, 0.3) is 5.91 Å². The lowest BCUT2D eigenvalue weighted by Crippen LogP contribution is -2.15. The van der Waals surface area contributed by atoms with Gasteiger partial charge in [0.05, 0.1) is 18.3 Å². The number of carbonyl (C=O) groups is 2. The van der Waals surface area contributed by atoms with E-state index in [1.807, 2.05) is 68.7 Å². The zero-order valence-electron chi connectivity index (χ0n) is 17.4. The van der Waals surface area contributed by atoms with Crippen LogP contribution in [0.4, 0.5) is 5.95 Å². The van der Waals surface area contributed by atoms with Gasteiger partial charge in [0.15, 0.2) is 0 Å². The Balaban J connectivity index is 1.64.